The molecular weight excluding hydrogens is 328 g/mol. The molecule has 0 heterocycles. The number of hydrogen-bond acceptors (Lipinski definition) is 3. The summed E-state index contributed by atoms with van der Waals surface area (Å²) in [6.07, 6.45) is 12.3. The van der Waals surface area contributed by atoms with Gasteiger partial charge in [0.2, 0.25) is 0 Å². The van der Waals surface area contributed by atoms with Crippen molar-refractivity contribution < 1.29 is 19.5 Å². The van der Waals surface area contributed by atoms with E-state index in [2.05, 4.69) is 18.8 Å². The summed E-state index contributed by atoms with van der Waals surface area (Å²) in [6, 6.07) is 0. The molecule has 1 N–H and O–H groups in total. The van der Waals surface area contributed by atoms with Gasteiger partial charge in [-0.25, -0.2) is 4.79 Å². The van der Waals surface area contributed by atoms with Crippen LogP contribution in [0.15, 0.2) is 4.99 Å². The van der Waals surface area contributed by atoms with Crippen molar-refractivity contribution in [1.29, 1.82) is 0 Å². The zero-order chi connectivity index (χ0) is 19.8. The number of likely N-dealkylation sites (N-methyl/N-ethyl adjacent to an activating group) is 1. The third-order valence-corrected chi connectivity index (χ3v) is 4.91. The Balaban J connectivity index is 4.36. The summed E-state index contributed by atoms with van der Waals surface area (Å²) in [5.74, 6) is -0.632. The maximum Gasteiger partial charge on any atom is 0.359 e. The molecule has 0 radical (unpaired) electrons. The highest BCUT2D eigenvalue weighted by Gasteiger charge is 2.18. The van der Waals surface area contributed by atoms with Gasteiger partial charge in [0.25, 0.3) is 0 Å². The molecular formula is C21H42N2O3. The molecule has 0 aliphatic heterocycles. The van der Waals surface area contributed by atoms with Gasteiger partial charge in [0.05, 0.1) is 20.6 Å². The van der Waals surface area contributed by atoms with Crippen LogP contribution in [0.1, 0.15) is 84.5 Å². The molecule has 0 aromatic heterocycles. The quantitative estimate of drug-likeness (QED) is 0.183. The Bertz CT molecular complexity index is 395. The number of aliphatic imine (C=N–C) groups is 1. The highest BCUT2D eigenvalue weighted by Crippen LogP contribution is 2.18. The lowest BCUT2D eigenvalue weighted by Gasteiger charge is -2.28. The first-order valence-electron chi connectivity index (χ1n) is 10.6. The van der Waals surface area contributed by atoms with E-state index in [0.29, 0.717) is 11.0 Å². The molecule has 5 heteroatoms. The molecule has 0 fully saturated rings. The second-order valence-corrected chi connectivity index (χ2v) is 8.18. The van der Waals surface area contributed by atoms with E-state index >= 15 is 0 Å². The van der Waals surface area contributed by atoms with Crippen LogP contribution in [0.5, 0.6) is 0 Å². The van der Waals surface area contributed by atoms with Crippen molar-refractivity contribution >= 4 is 11.9 Å². The summed E-state index contributed by atoms with van der Waals surface area (Å²) >= 11 is 0. The lowest BCUT2D eigenvalue weighted by Crippen LogP contribution is -2.44. The van der Waals surface area contributed by atoms with E-state index in [9.17, 15) is 9.90 Å². The number of aliphatic carboxylic acids is 1. The second-order valence-electron chi connectivity index (χ2n) is 8.18. The number of nitrogens with zero attached hydrogens (tertiary/aromatic N) is 2. The summed E-state index contributed by atoms with van der Waals surface area (Å²) in [5.41, 5.74) is 0. The lowest BCUT2D eigenvalue weighted by atomic mass is 9.94. The van der Waals surface area contributed by atoms with Gasteiger partial charge >= 0.3 is 5.97 Å². The van der Waals surface area contributed by atoms with Gasteiger partial charge in [-0.05, 0) is 24.7 Å². The molecule has 154 valence electrons. The van der Waals surface area contributed by atoms with Crippen LogP contribution in [0.3, 0.4) is 0 Å². The molecule has 26 heavy (non-hydrogen) atoms. The van der Waals surface area contributed by atoms with Crippen molar-refractivity contribution in [2.45, 2.75) is 84.5 Å². The number of quaternary nitrogens is 1. The maximum atomic E-state index is 12.5. The van der Waals surface area contributed by atoms with Crippen molar-refractivity contribution in [2.24, 2.45) is 10.9 Å². The minimum Gasteiger partial charge on any atom is -0.862 e. The Morgan fingerprint density at radius 1 is 0.962 bits per heavy atom. The van der Waals surface area contributed by atoms with E-state index in [-0.39, 0.29) is 18.4 Å². The van der Waals surface area contributed by atoms with Crippen molar-refractivity contribution in [3.63, 3.8) is 0 Å². The average Bonchev–Trinajstić information content (AvgIpc) is 2.55. The molecule has 0 aliphatic carbocycles. The summed E-state index contributed by atoms with van der Waals surface area (Å²) < 4.78 is 0.427. The van der Waals surface area contributed by atoms with Gasteiger partial charge < -0.3 is 19.7 Å². The van der Waals surface area contributed by atoms with E-state index in [1.165, 1.54) is 38.5 Å². The van der Waals surface area contributed by atoms with Crippen LogP contribution in [0.25, 0.3) is 0 Å². The van der Waals surface area contributed by atoms with Crippen LogP contribution < -0.4 is 5.11 Å². The van der Waals surface area contributed by atoms with Crippen molar-refractivity contribution in [2.75, 3.05) is 33.7 Å². The Morgan fingerprint density at radius 3 is 2.08 bits per heavy atom. The number of carboxylic acids is 1. The molecule has 0 amide bonds. The normalized spacial score (nSPS) is 13.8. The van der Waals surface area contributed by atoms with Crippen molar-refractivity contribution in [3.05, 3.63) is 0 Å². The third-order valence-electron chi connectivity index (χ3n) is 4.91. The first-order valence-corrected chi connectivity index (χ1v) is 10.6. The highest BCUT2D eigenvalue weighted by molar-refractivity contribution is 5.74. The first-order chi connectivity index (χ1) is 12.3. The zero-order valence-corrected chi connectivity index (χ0v) is 17.6. The third kappa shape index (κ3) is 14.1. The van der Waals surface area contributed by atoms with Gasteiger partial charge in [-0.3, -0.25) is 0 Å². The molecule has 0 bridgehead atoms. The van der Waals surface area contributed by atoms with Gasteiger partial charge in [-0.15, -0.1) is 0 Å². The van der Waals surface area contributed by atoms with E-state index in [1.807, 2.05) is 14.1 Å². The smallest absolute Gasteiger partial charge is 0.359 e. The minimum atomic E-state index is -0.790. The average molecular weight is 371 g/mol. The number of carboxylic acid groups (broad SMARTS) is 1. The summed E-state index contributed by atoms with van der Waals surface area (Å²) in [6.45, 7) is 5.74. The largest absolute Gasteiger partial charge is 0.862 e. The number of unbranched alkanes of at least 4 members (excludes halogenated alkanes) is 6. The molecule has 0 aromatic rings. The van der Waals surface area contributed by atoms with Crippen molar-refractivity contribution in [3.8, 4) is 0 Å². The van der Waals surface area contributed by atoms with Crippen LogP contribution in [0, 0.1) is 5.92 Å². The fourth-order valence-electron chi connectivity index (χ4n) is 3.29. The van der Waals surface area contributed by atoms with Gasteiger partial charge in [-0.1, -0.05) is 65.2 Å². The summed E-state index contributed by atoms with van der Waals surface area (Å²) in [5, 5.41) is 21.4. The van der Waals surface area contributed by atoms with E-state index in [4.69, 9.17) is 5.11 Å². The van der Waals surface area contributed by atoms with Crippen LogP contribution in [0.4, 0.5) is 0 Å². The Labute approximate surface area is 161 Å². The van der Waals surface area contributed by atoms with Crippen LogP contribution in [0.2, 0.25) is 0 Å². The molecule has 5 nitrogen and oxygen atoms in total. The number of rotatable bonds is 17. The number of hydrogen-bond donors (Lipinski definition) is 1. The minimum absolute atomic E-state index is 0.0696. The van der Waals surface area contributed by atoms with Gasteiger partial charge in [0.15, 0.2) is 6.54 Å². The number of carbonyl (C=O) groups is 1. The molecule has 0 spiro atoms. The Morgan fingerprint density at radius 2 is 1.50 bits per heavy atom. The monoisotopic (exact) mass is 370 g/mol. The molecule has 0 aromatic carbocycles. The fraction of sp³-hybridized carbons (Fsp3) is 0.905. The van der Waals surface area contributed by atoms with Crippen LogP contribution in [-0.4, -0.2) is 55.2 Å². The molecule has 0 rings (SSSR count). The SMILES string of the molecule is CCCCCCCC(CCCCC)C([O-])=NCCC[N+](C)(C)CC(=O)O. The molecule has 1 unspecified atom stereocenters. The highest BCUT2D eigenvalue weighted by atomic mass is 16.4. The van der Waals surface area contributed by atoms with Gasteiger partial charge in [0.1, 0.15) is 0 Å². The molecule has 0 aliphatic rings. The van der Waals surface area contributed by atoms with E-state index in [0.717, 1.165) is 38.6 Å². The maximum absolute atomic E-state index is 12.5. The molecule has 0 saturated heterocycles. The van der Waals surface area contributed by atoms with Gasteiger partial charge in [-0.2, -0.15) is 0 Å². The van der Waals surface area contributed by atoms with Crippen LogP contribution >= 0.6 is 0 Å². The second kappa shape index (κ2) is 15.0. The predicted octanol–water partition coefficient (Wildman–Crippen LogP) is 3.85. The molecule has 1 atom stereocenters. The Hall–Kier alpha value is -1.10. The first kappa shape index (κ1) is 24.9. The summed E-state index contributed by atoms with van der Waals surface area (Å²) in [4.78, 5) is 15.1. The van der Waals surface area contributed by atoms with E-state index in [1.54, 1.807) is 0 Å². The predicted molar refractivity (Wildman–Crippen MR) is 107 cm³/mol. The van der Waals surface area contributed by atoms with Crippen LogP contribution in [-0.2, 0) is 4.79 Å². The van der Waals surface area contributed by atoms with Crippen molar-refractivity contribution in [1.82, 2.24) is 0 Å². The Kier molecular flexibility index (Phi) is 14.4. The van der Waals surface area contributed by atoms with Gasteiger partial charge in [0, 0.05) is 13.0 Å². The lowest BCUT2D eigenvalue weighted by molar-refractivity contribution is -0.883. The topological polar surface area (TPSA) is 72.7 Å². The molecule has 0 saturated carbocycles. The summed E-state index contributed by atoms with van der Waals surface area (Å²) in [7, 11) is 3.81. The standard InChI is InChI=1S/C21H42N2O3/c1-5-7-9-10-12-15-19(14-11-8-6-2)21(26)22-16-13-17-23(3,4)18-20(24)25/h19H,5-18H2,1-4H3,(H-,22,24,25,26). The fourth-order valence-corrected chi connectivity index (χ4v) is 3.29. The van der Waals surface area contributed by atoms with E-state index < -0.39 is 5.97 Å². The zero-order valence-electron chi connectivity index (χ0n) is 17.6.